The Balaban J connectivity index is 1.73. The zero-order chi connectivity index (χ0) is 17.5. The van der Waals surface area contributed by atoms with Gasteiger partial charge in [0.1, 0.15) is 0 Å². The van der Waals surface area contributed by atoms with Crippen LogP contribution in [-0.2, 0) is 6.42 Å². The lowest BCUT2D eigenvalue weighted by Crippen LogP contribution is -1.93. The van der Waals surface area contributed by atoms with Crippen LogP contribution in [0, 0.1) is 0 Å². The molecule has 0 radical (unpaired) electrons. The van der Waals surface area contributed by atoms with Crippen LogP contribution in [-0.4, -0.2) is 9.97 Å². The molecular weight excluding hydrogens is 360 g/mol. The van der Waals surface area contributed by atoms with Crippen LogP contribution in [0.15, 0.2) is 60.7 Å². The van der Waals surface area contributed by atoms with Gasteiger partial charge in [0.05, 0.1) is 15.9 Å². The quantitative estimate of drug-likeness (QED) is 0.367. The summed E-state index contributed by atoms with van der Waals surface area (Å²) in [5.74, 6) is 0. The molecule has 4 aromatic rings. The zero-order valence-corrected chi connectivity index (χ0v) is 15.5. The number of nitrogens with zero attached hydrogens (tertiary/aromatic N) is 2. The lowest BCUT2D eigenvalue weighted by molar-refractivity contribution is 0.999. The molecule has 1 aliphatic carbocycles. The molecule has 126 valence electrons. The second kappa shape index (κ2) is 6.35. The van der Waals surface area contributed by atoms with Crippen molar-refractivity contribution < 1.29 is 0 Å². The highest BCUT2D eigenvalue weighted by Crippen LogP contribution is 2.40. The molecule has 0 amide bonds. The van der Waals surface area contributed by atoms with E-state index in [0.29, 0.717) is 5.28 Å². The maximum atomic E-state index is 6.29. The molecule has 26 heavy (non-hydrogen) atoms. The molecule has 2 aromatic carbocycles. The Morgan fingerprint density at radius 2 is 1.69 bits per heavy atom. The molecule has 4 heteroatoms. The van der Waals surface area contributed by atoms with Crippen LogP contribution >= 0.6 is 22.9 Å². The summed E-state index contributed by atoms with van der Waals surface area (Å²) in [6, 6.07) is 18.9. The van der Waals surface area contributed by atoms with E-state index in [4.69, 9.17) is 11.6 Å². The van der Waals surface area contributed by atoms with Gasteiger partial charge in [0.15, 0.2) is 0 Å². The molecule has 2 nitrogen and oxygen atoms in total. The summed E-state index contributed by atoms with van der Waals surface area (Å²) in [5, 5.41) is 0.313. The first-order chi connectivity index (χ1) is 12.8. The molecule has 2 aromatic heterocycles. The molecule has 0 saturated carbocycles. The van der Waals surface area contributed by atoms with Gasteiger partial charge in [0.2, 0.25) is 5.28 Å². The van der Waals surface area contributed by atoms with E-state index in [0.717, 1.165) is 34.3 Å². The molecule has 0 unspecified atom stereocenters. The Morgan fingerprint density at radius 1 is 0.885 bits per heavy atom. The van der Waals surface area contributed by atoms with Gasteiger partial charge in [0, 0.05) is 10.4 Å². The number of hydrogen-bond donors (Lipinski definition) is 0. The molecule has 1 aliphatic rings. The Labute approximate surface area is 160 Å². The van der Waals surface area contributed by atoms with Gasteiger partial charge < -0.3 is 0 Å². The smallest absolute Gasteiger partial charge is 0.217 e. The number of hydrogen-bond acceptors (Lipinski definition) is 3. The van der Waals surface area contributed by atoms with Gasteiger partial charge in [-0.2, -0.15) is 0 Å². The zero-order valence-electron chi connectivity index (χ0n) is 13.9. The van der Waals surface area contributed by atoms with Crippen LogP contribution < -0.4 is 0 Å². The first kappa shape index (κ1) is 15.7. The predicted octanol–water partition coefficient (Wildman–Crippen LogP) is 6.64. The first-order valence-electron chi connectivity index (χ1n) is 8.61. The summed E-state index contributed by atoms with van der Waals surface area (Å²) in [6.07, 6.45) is 6.49. The third-order valence-electron chi connectivity index (χ3n) is 4.71. The van der Waals surface area contributed by atoms with E-state index in [1.807, 2.05) is 6.07 Å². The van der Waals surface area contributed by atoms with E-state index in [-0.39, 0.29) is 0 Å². The molecule has 0 spiro atoms. The highest BCUT2D eigenvalue weighted by molar-refractivity contribution is 7.20. The summed E-state index contributed by atoms with van der Waals surface area (Å²) in [5.41, 5.74) is 6.67. The van der Waals surface area contributed by atoms with Crippen molar-refractivity contribution in [2.45, 2.75) is 12.8 Å². The summed E-state index contributed by atoms with van der Waals surface area (Å²) in [6.45, 7) is 0. The molecule has 5 rings (SSSR count). The highest BCUT2D eigenvalue weighted by atomic mass is 35.5. The topological polar surface area (TPSA) is 25.8 Å². The molecular formula is C22H15ClN2S. The van der Waals surface area contributed by atoms with Gasteiger partial charge in [0.25, 0.3) is 0 Å². The number of thiophene rings is 1. The van der Waals surface area contributed by atoms with Gasteiger partial charge in [-0.05, 0) is 53.3 Å². The monoisotopic (exact) mass is 374 g/mol. The number of benzene rings is 2. The van der Waals surface area contributed by atoms with Crippen molar-refractivity contribution in [2.75, 3.05) is 0 Å². The molecule has 0 bridgehead atoms. The largest absolute Gasteiger partial charge is 0.223 e. The van der Waals surface area contributed by atoms with Crippen molar-refractivity contribution in [1.29, 1.82) is 0 Å². The summed E-state index contributed by atoms with van der Waals surface area (Å²) in [4.78, 5) is 10.4. The fourth-order valence-electron chi connectivity index (χ4n) is 3.48. The van der Waals surface area contributed by atoms with Crippen LogP contribution in [0.5, 0.6) is 0 Å². The molecule has 0 fully saturated rings. The lowest BCUT2D eigenvalue weighted by Gasteiger charge is -2.07. The summed E-state index contributed by atoms with van der Waals surface area (Å²) < 4.78 is 1.12. The minimum absolute atomic E-state index is 0.313. The van der Waals surface area contributed by atoms with Gasteiger partial charge in [-0.1, -0.05) is 54.6 Å². The SMILES string of the molecule is Clc1nc(-c2cccc(-c3ccccc3)c2)c2sc3c(c2n1)CCC=C3. The minimum atomic E-state index is 0.313. The number of aromatic nitrogens is 2. The molecule has 2 heterocycles. The van der Waals surface area contributed by atoms with Gasteiger partial charge >= 0.3 is 0 Å². The number of rotatable bonds is 2. The Hall–Kier alpha value is -2.49. The Kier molecular flexibility index (Phi) is 3.84. The number of halogens is 1. The molecule has 0 atom stereocenters. The van der Waals surface area contributed by atoms with Crippen LogP contribution in [0.1, 0.15) is 16.9 Å². The summed E-state index contributed by atoms with van der Waals surface area (Å²) >= 11 is 8.06. The molecule has 0 saturated heterocycles. The van der Waals surface area contributed by atoms with Gasteiger partial charge in [-0.25, -0.2) is 9.97 Å². The fourth-order valence-corrected chi connectivity index (χ4v) is 4.88. The third kappa shape index (κ3) is 2.64. The van der Waals surface area contributed by atoms with E-state index in [1.54, 1.807) is 11.3 Å². The first-order valence-corrected chi connectivity index (χ1v) is 9.80. The second-order valence-corrected chi connectivity index (χ2v) is 7.74. The lowest BCUT2D eigenvalue weighted by atomic mass is 10.0. The second-order valence-electron chi connectivity index (χ2n) is 6.35. The highest BCUT2D eigenvalue weighted by Gasteiger charge is 2.19. The standard InChI is InChI=1S/C22H15ClN2S/c23-22-24-19(21-20(25-22)17-11-4-5-12-18(17)26-21)16-10-6-9-15(13-16)14-7-2-1-3-8-14/h1-3,5-10,12-13H,4,11H2. The average Bonchev–Trinajstić information content (AvgIpc) is 3.07. The van der Waals surface area contributed by atoms with E-state index in [1.165, 1.54) is 21.6 Å². The van der Waals surface area contributed by atoms with E-state index in [9.17, 15) is 0 Å². The third-order valence-corrected chi connectivity index (χ3v) is 6.07. The number of aryl methyl sites for hydroxylation is 1. The minimum Gasteiger partial charge on any atom is -0.217 e. The van der Waals surface area contributed by atoms with Crippen molar-refractivity contribution in [3.8, 4) is 22.4 Å². The van der Waals surface area contributed by atoms with Crippen molar-refractivity contribution in [1.82, 2.24) is 9.97 Å². The van der Waals surface area contributed by atoms with Crippen LogP contribution in [0.25, 0.3) is 38.7 Å². The van der Waals surface area contributed by atoms with E-state index < -0.39 is 0 Å². The maximum absolute atomic E-state index is 6.29. The normalized spacial score (nSPS) is 13.1. The van der Waals surface area contributed by atoms with Gasteiger partial charge in [-0.15, -0.1) is 11.3 Å². The van der Waals surface area contributed by atoms with E-state index in [2.05, 4.69) is 70.7 Å². The molecule has 0 aliphatic heterocycles. The van der Waals surface area contributed by atoms with E-state index >= 15 is 0 Å². The summed E-state index contributed by atoms with van der Waals surface area (Å²) in [7, 11) is 0. The number of fused-ring (bicyclic) bond motifs is 3. The van der Waals surface area contributed by atoms with Crippen molar-refractivity contribution >= 4 is 39.2 Å². The molecule has 0 N–H and O–H groups in total. The predicted molar refractivity (Wildman–Crippen MR) is 111 cm³/mol. The Morgan fingerprint density at radius 3 is 2.58 bits per heavy atom. The Bertz CT molecular complexity index is 1150. The fraction of sp³-hybridized carbons (Fsp3) is 0.0909. The van der Waals surface area contributed by atoms with Crippen molar-refractivity contribution in [3.63, 3.8) is 0 Å². The van der Waals surface area contributed by atoms with Crippen LogP contribution in [0.3, 0.4) is 0 Å². The van der Waals surface area contributed by atoms with Crippen molar-refractivity contribution in [3.05, 3.63) is 76.4 Å². The maximum Gasteiger partial charge on any atom is 0.223 e. The average molecular weight is 375 g/mol. The van der Waals surface area contributed by atoms with Gasteiger partial charge in [-0.3, -0.25) is 0 Å². The van der Waals surface area contributed by atoms with Crippen LogP contribution in [0.4, 0.5) is 0 Å². The van der Waals surface area contributed by atoms with Crippen molar-refractivity contribution in [2.24, 2.45) is 0 Å². The number of allylic oxidation sites excluding steroid dienone is 1. The van der Waals surface area contributed by atoms with Crippen LogP contribution in [0.2, 0.25) is 5.28 Å².